The van der Waals surface area contributed by atoms with Crippen LogP contribution in [0.5, 0.6) is 0 Å². The summed E-state index contributed by atoms with van der Waals surface area (Å²) in [4.78, 5) is 12.2. The molecule has 0 fully saturated rings. The Bertz CT molecular complexity index is 832. The molecule has 0 aliphatic carbocycles. The van der Waals surface area contributed by atoms with Crippen molar-refractivity contribution in [2.24, 2.45) is 0 Å². The number of hydrogen-bond donors (Lipinski definition) is 1. The predicted octanol–water partition coefficient (Wildman–Crippen LogP) is 2.35. The number of anilines is 2. The van der Waals surface area contributed by atoms with Gasteiger partial charge in [-0.25, -0.2) is 12.7 Å². The lowest BCUT2D eigenvalue weighted by Gasteiger charge is -2.18. The van der Waals surface area contributed by atoms with Gasteiger partial charge in [-0.05, 0) is 37.6 Å². The van der Waals surface area contributed by atoms with Gasteiger partial charge >= 0.3 is 0 Å². The van der Waals surface area contributed by atoms with Crippen LogP contribution in [-0.2, 0) is 14.8 Å². The number of carbonyl (C=O) groups excluding carboxylic acids is 1. The molecule has 0 radical (unpaired) electrons. The van der Waals surface area contributed by atoms with E-state index in [1.807, 2.05) is 0 Å². The van der Waals surface area contributed by atoms with Gasteiger partial charge in [0.15, 0.2) is 5.82 Å². The Morgan fingerprint density at radius 1 is 1.35 bits per heavy atom. The number of rotatable bonds is 5. The molecule has 7 nitrogen and oxygen atoms in total. The predicted molar refractivity (Wildman–Crippen MR) is 88.2 cm³/mol. The van der Waals surface area contributed by atoms with Crippen molar-refractivity contribution in [3.05, 3.63) is 40.6 Å². The van der Waals surface area contributed by atoms with Crippen LogP contribution in [0.2, 0.25) is 5.02 Å². The van der Waals surface area contributed by atoms with Gasteiger partial charge in [0.25, 0.3) is 0 Å². The monoisotopic (exact) mass is 357 g/mol. The molecule has 2 aromatic rings. The van der Waals surface area contributed by atoms with Crippen LogP contribution in [0.15, 0.2) is 28.8 Å². The van der Waals surface area contributed by atoms with Crippen LogP contribution < -0.4 is 9.62 Å². The summed E-state index contributed by atoms with van der Waals surface area (Å²) in [6, 6.07) is 6.44. The van der Waals surface area contributed by atoms with E-state index >= 15 is 0 Å². The van der Waals surface area contributed by atoms with Crippen molar-refractivity contribution in [1.29, 1.82) is 0 Å². The van der Waals surface area contributed by atoms with Crippen LogP contribution in [0.4, 0.5) is 11.5 Å². The first-order chi connectivity index (χ1) is 10.7. The second kappa shape index (κ2) is 6.59. The summed E-state index contributed by atoms with van der Waals surface area (Å²) in [5.74, 6) is 0.0112. The maximum absolute atomic E-state index is 12.2. The lowest BCUT2D eigenvalue weighted by Crippen LogP contribution is -2.37. The van der Waals surface area contributed by atoms with Crippen molar-refractivity contribution < 1.29 is 17.7 Å². The van der Waals surface area contributed by atoms with Gasteiger partial charge in [-0.1, -0.05) is 16.8 Å². The summed E-state index contributed by atoms with van der Waals surface area (Å²) in [7, 11) is -3.68. The lowest BCUT2D eigenvalue weighted by molar-refractivity contribution is -0.114. The van der Waals surface area contributed by atoms with E-state index in [2.05, 4.69) is 10.5 Å². The first-order valence-electron chi connectivity index (χ1n) is 6.64. The first-order valence-corrected chi connectivity index (χ1v) is 8.86. The fourth-order valence-corrected chi connectivity index (χ4v) is 2.93. The summed E-state index contributed by atoms with van der Waals surface area (Å²) in [6.45, 7) is 3.01. The molecule has 0 bridgehead atoms. The smallest absolute Gasteiger partial charge is 0.245 e. The third-order valence-corrected chi connectivity index (χ3v) is 4.37. The zero-order valence-electron chi connectivity index (χ0n) is 12.8. The van der Waals surface area contributed by atoms with Gasteiger partial charge in [-0.15, -0.1) is 0 Å². The summed E-state index contributed by atoms with van der Waals surface area (Å²) >= 11 is 5.86. The molecule has 23 heavy (non-hydrogen) atoms. The van der Waals surface area contributed by atoms with Crippen molar-refractivity contribution in [1.82, 2.24) is 5.16 Å². The number of nitrogens with one attached hydrogen (secondary N) is 1. The van der Waals surface area contributed by atoms with Crippen LogP contribution in [0.3, 0.4) is 0 Å². The number of amides is 1. The van der Waals surface area contributed by atoms with Crippen molar-refractivity contribution in [2.75, 3.05) is 22.4 Å². The summed E-state index contributed by atoms with van der Waals surface area (Å²) in [5, 5.41) is 6.85. The van der Waals surface area contributed by atoms with E-state index in [0.29, 0.717) is 16.5 Å². The average Bonchev–Trinajstić information content (AvgIpc) is 2.84. The van der Waals surface area contributed by atoms with Gasteiger partial charge in [-0.2, -0.15) is 0 Å². The van der Waals surface area contributed by atoms with Crippen LogP contribution in [0.1, 0.15) is 11.3 Å². The van der Waals surface area contributed by atoms with Gasteiger partial charge < -0.3 is 9.84 Å². The molecule has 1 aromatic carbocycles. The van der Waals surface area contributed by atoms with E-state index in [4.69, 9.17) is 16.1 Å². The van der Waals surface area contributed by atoms with Crippen LogP contribution >= 0.6 is 11.6 Å². The molecule has 0 aliphatic heterocycles. The highest BCUT2D eigenvalue weighted by atomic mass is 35.5. The Morgan fingerprint density at radius 2 is 2.04 bits per heavy atom. The molecule has 0 aliphatic rings. The number of aromatic nitrogens is 1. The van der Waals surface area contributed by atoms with E-state index in [1.54, 1.807) is 32.0 Å². The summed E-state index contributed by atoms with van der Waals surface area (Å²) in [5.41, 5.74) is 1.33. The molecule has 0 saturated heterocycles. The van der Waals surface area contributed by atoms with Crippen molar-refractivity contribution in [2.45, 2.75) is 13.8 Å². The number of halogens is 1. The summed E-state index contributed by atoms with van der Waals surface area (Å²) in [6.07, 6.45) is 0.998. The molecule has 1 N–H and O–H groups in total. The third kappa shape index (κ3) is 4.46. The Morgan fingerprint density at radius 3 is 2.57 bits per heavy atom. The molecule has 0 saturated carbocycles. The molecule has 1 amide bonds. The van der Waals surface area contributed by atoms with Crippen LogP contribution in [0, 0.1) is 13.8 Å². The average molecular weight is 358 g/mol. The van der Waals surface area contributed by atoms with Crippen LogP contribution in [0.25, 0.3) is 0 Å². The van der Waals surface area contributed by atoms with Crippen molar-refractivity contribution >= 4 is 39.0 Å². The Kier molecular flexibility index (Phi) is 4.96. The number of aryl methyl sites for hydroxylation is 2. The van der Waals surface area contributed by atoms with Gasteiger partial charge in [0.05, 0.1) is 6.26 Å². The standard InChI is InChI=1S/C14H16ClN3O4S/c1-9-6-11(15)4-5-12(9)16-14(19)8-18(23(3,20)21)13-7-10(2)22-17-13/h4-7H,8H2,1-3H3,(H,16,19). The molecule has 1 aromatic heterocycles. The summed E-state index contributed by atoms with van der Waals surface area (Å²) < 4.78 is 29.5. The SMILES string of the molecule is Cc1cc(N(CC(=O)Nc2ccc(Cl)cc2C)S(C)(=O)=O)no1. The van der Waals surface area contributed by atoms with E-state index in [-0.39, 0.29) is 5.82 Å². The molecular formula is C14H16ClN3O4S. The number of sulfonamides is 1. The number of benzene rings is 1. The van der Waals surface area contributed by atoms with Crippen LogP contribution in [-0.4, -0.2) is 32.3 Å². The van der Waals surface area contributed by atoms with Gasteiger partial charge in [0.2, 0.25) is 15.9 Å². The van der Waals surface area contributed by atoms with Gasteiger partial charge in [0, 0.05) is 16.8 Å². The third-order valence-electron chi connectivity index (χ3n) is 3.02. The molecule has 0 spiro atoms. The minimum absolute atomic E-state index is 0.0629. The van der Waals surface area contributed by atoms with E-state index in [0.717, 1.165) is 16.1 Å². The molecular weight excluding hydrogens is 342 g/mol. The Hall–Kier alpha value is -2.06. The Labute approximate surface area is 139 Å². The van der Waals surface area contributed by atoms with Crippen molar-refractivity contribution in [3.8, 4) is 0 Å². The zero-order chi connectivity index (χ0) is 17.2. The topological polar surface area (TPSA) is 92.5 Å². The largest absolute Gasteiger partial charge is 0.360 e. The molecule has 2 rings (SSSR count). The quantitative estimate of drug-likeness (QED) is 0.886. The maximum Gasteiger partial charge on any atom is 0.245 e. The minimum Gasteiger partial charge on any atom is -0.360 e. The molecule has 0 unspecified atom stereocenters. The molecule has 9 heteroatoms. The molecule has 0 atom stereocenters. The fourth-order valence-electron chi connectivity index (χ4n) is 1.93. The molecule has 124 valence electrons. The number of carbonyl (C=O) groups is 1. The first kappa shape index (κ1) is 17.3. The van der Waals surface area contributed by atoms with Crippen molar-refractivity contribution in [3.63, 3.8) is 0 Å². The second-order valence-electron chi connectivity index (χ2n) is 5.07. The number of hydrogen-bond acceptors (Lipinski definition) is 5. The van der Waals surface area contributed by atoms with Gasteiger partial charge in [-0.3, -0.25) is 4.79 Å². The number of nitrogens with zero attached hydrogens (tertiary/aromatic N) is 2. The van der Waals surface area contributed by atoms with E-state index in [9.17, 15) is 13.2 Å². The van der Waals surface area contributed by atoms with Gasteiger partial charge in [0.1, 0.15) is 12.3 Å². The highest BCUT2D eigenvalue weighted by Crippen LogP contribution is 2.20. The zero-order valence-corrected chi connectivity index (χ0v) is 14.4. The highest BCUT2D eigenvalue weighted by Gasteiger charge is 2.24. The van der Waals surface area contributed by atoms with E-state index < -0.39 is 22.5 Å². The minimum atomic E-state index is -3.68. The lowest BCUT2D eigenvalue weighted by atomic mass is 10.2. The highest BCUT2D eigenvalue weighted by molar-refractivity contribution is 7.92. The maximum atomic E-state index is 12.2. The fraction of sp³-hybridized carbons (Fsp3) is 0.286. The molecule has 1 heterocycles. The normalized spacial score (nSPS) is 11.3. The van der Waals surface area contributed by atoms with E-state index in [1.165, 1.54) is 6.07 Å². The second-order valence-corrected chi connectivity index (χ2v) is 7.42. The Balaban J connectivity index is 2.18.